The zero-order valence-electron chi connectivity index (χ0n) is 9.81. The largest absolute Gasteiger partial charge is 0.497 e. The Hall–Kier alpha value is -1.55. The van der Waals surface area contributed by atoms with Crippen LogP contribution in [0, 0.1) is 0 Å². The van der Waals surface area contributed by atoms with Crippen LogP contribution >= 0.6 is 0 Å². The molecule has 1 aliphatic rings. The highest BCUT2D eigenvalue weighted by Crippen LogP contribution is 2.33. The molecule has 0 amide bonds. The lowest BCUT2D eigenvalue weighted by Gasteiger charge is -2.06. The summed E-state index contributed by atoms with van der Waals surface area (Å²) in [7, 11) is 1.63. The summed E-state index contributed by atoms with van der Waals surface area (Å²) in [6.07, 6.45) is 2.26. The van der Waals surface area contributed by atoms with E-state index in [0.717, 1.165) is 18.6 Å². The molecule has 1 aromatic rings. The summed E-state index contributed by atoms with van der Waals surface area (Å²) in [5.41, 5.74) is 0.305. The maximum Gasteiger partial charge on any atom is 0.338 e. The highest BCUT2D eigenvalue weighted by Gasteiger charge is 2.51. The first-order valence-electron chi connectivity index (χ1n) is 5.66. The van der Waals surface area contributed by atoms with Gasteiger partial charge in [-0.15, -0.1) is 0 Å². The standard InChI is InChI=1S/C13H16O4/c1-16-11-6-4-10(5-7-11)3-2-8-13(9-17-13)12(14)15/h4-7H,2-3,8-9H2,1H3,(H,14,15). The van der Waals surface area contributed by atoms with E-state index < -0.39 is 11.6 Å². The number of ether oxygens (including phenoxy) is 2. The molecule has 1 fully saturated rings. The number of hydrogen-bond donors (Lipinski definition) is 1. The third-order valence-corrected chi connectivity index (χ3v) is 3.09. The molecule has 0 aliphatic carbocycles. The van der Waals surface area contributed by atoms with Crippen molar-refractivity contribution in [2.24, 2.45) is 0 Å². The maximum absolute atomic E-state index is 10.9. The molecule has 1 aliphatic heterocycles. The second kappa shape index (κ2) is 4.75. The van der Waals surface area contributed by atoms with Crippen LogP contribution in [0.5, 0.6) is 5.75 Å². The number of methoxy groups -OCH3 is 1. The number of carbonyl (C=O) groups is 1. The molecule has 0 bridgehead atoms. The topological polar surface area (TPSA) is 59.1 Å². The predicted molar refractivity (Wildman–Crippen MR) is 62.3 cm³/mol. The first kappa shape index (κ1) is 11.9. The molecule has 0 saturated carbocycles. The average Bonchev–Trinajstić information content (AvgIpc) is 3.11. The van der Waals surface area contributed by atoms with Crippen LogP contribution in [-0.2, 0) is 16.0 Å². The highest BCUT2D eigenvalue weighted by molar-refractivity contribution is 5.80. The van der Waals surface area contributed by atoms with E-state index in [0.29, 0.717) is 13.0 Å². The highest BCUT2D eigenvalue weighted by atomic mass is 16.6. The Bertz CT molecular complexity index is 392. The summed E-state index contributed by atoms with van der Waals surface area (Å²) in [5.74, 6) is -0.00601. The van der Waals surface area contributed by atoms with E-state index in [1.165, 1.54) is 5.56 Å². The molecule has 2 rings (SSSR count). The number of benzene rings is 1. The van der Waals surface area contributed by atoms with Gasteiger partial charge in [-0.1, -0.05) is 12.1 Å². The van der Waals surface area contributed by atoms with Crippen LogP contribution in [0.3, 0.4) is 0 Å². The molecule has 92 valence electrons. The Morgan fingerprint density at radius 2 is 2.12 bits per heavy atom. The van der Waals surface area contributed by atoms with Gasteiger partial charge in [-0.2, -0.15) is 0 Å². The van der Waals surface area contributed by atoms with Gasteiger partial charge in [-0.3, -0.25) is 0 Å². The minimum absolute atomic E-state index is 0.352. The molecule has 0 spiro atoms. The number of aliphatic carboxylic acids is 1. The van der Waals surface area contributed by atoms with Gasteiger partial charge in [-0.25, -0.2) is 4.79 Å². The van der Waals surface area contributed by atoms with Crippen LogP contribution in [0.4, 0.5) is 0 Å². The van der Waals surface area contributed by atoms with Crippen LogP contribution in [0.1, 0.15) is 18.4 Å². The van der Waals surface area contributed by atoms with Crippen molar-refractivity contribution in [3.8, 4) is 5.75 Å². The summed E-state index contributed by atoms with van der Waals surface area (Å²) < 4.78 is 10.1. The monoisotopic (exact) mass is 236 g/mol. The Labute approximate surface area is 100 Å². The van der Waals surface area contributed by atoms with Crippen LogP contribution < -0.4 is 4.74 Å². The molecule has 1 N–H and O–H groups in total. The van der Waals surface area contributed by atoms with E-state index >= 15 is 0 Å². The third kappa shape index (κ3) is 2.77. The number of rotatable bonds is 6. The van der Waals surface area contributed by atoms with E-state index in [4.69, 9.17) is 14.6 Å². The van der Waals surface area contributed by atoms with Gasteiger partial charge in [-0.05, 0) is 37.0 Å². The second-order valence-corrected chi connectivity index (χ2v) is 4.29. The molecule has 17 heavy (non-hydrogen) atoms. The normalized spacial score (nSPS) is 22.2. The van der Waals surface area contributed by atoms with Crippen LogP contribution in [0.2, 0.25) is 0 Å². The molecule has 1 aromatic carbocycles. The quantitative estimate of drug-likeness (QED) is 0.766. The van der Waals surface area contributed by atoms with Crippen LogP contribution in [0.15, 0.2) is 24.3 Å². The van der Waals surface area contributed by atoms with E-state index in [1.807, 2.05) is 24.3 Å². The molecule has 1 atom stereocenters. The molecule has 4 nitrogen and oxygen atoms in total. The lowest BCUT2D eigenvalue weighted by atomic mass is 10.0. The van der Waals surface area contributed by atoms with Gasteiger partial charge in [0.15, 0.2) is 5.60 Å². The molecule has 1 saturated heterocycles. The number of hydrogen-bond acceptors (Lipinski definition) is 3. The minimum atomic E-state index is -0.882. The zero-order valence-corrected chi connectivity index (χ0v) is 9.81. The number of epoxide rings is 1. The summed E-state index contributed by atoms with van der Waals surface area (Å²) in [6.45, 7) is 0.352. The SMILES string of the molecule is COc1ccc(CCCC2(C(=O)O)CO2)cc1. The smallest absolute Gasteiger partial charge is 0.338 e. The van der Waals surface area contributed by atoms with Crippen molar-refractivity contribution in [3.05, 3.63) is 29.8 Å². The fourth-order valence-corrected chi connectivity index (χ4v) is 1.83. The molecule has 0 radical (unpaired) electrons. The van der Waals surface area contributed by atoms with E-state index in [-0.39, 0.29) is 0 Å². The van der Waals surface area contributed by atoms with Gasteiger partial charge >= 0.3 is 5.97 Å². The summed E-state index contributed by atoms with van der Waals surface area (Å²) in [6, 6.07) is 7.83. The molecular weight excluding hydrogens is 220 g/mol. The maximum atomic E-state index is 10.9. The zero-order chi connectivity index (χ0) is 12.3. The van der Waals surface area contributed by atoms with Gasteiger partial charge in [0.1, 0.15) is 5.75 Å². The first-order chi connectivity index (χ1) is 8.16. The van der Waals surface area contributed by atoms with Gasteiger partial charge in [0, 0.05) is 0 Å². The lowest BCUT2D eigenvalue weighted by Crippen LogP contribution is -2.23. The van der Waals surface area contributed by atoms with Crippen molar-refractivity contribution in [3.63, 3.8) is 0 Å². The Morgan fingerprint density at radius 3 is 2.59 bits per heavy atom. The Morgan fingerprint density at radius 1 is 1.47 bits per heavy atom. The van der Waals surface area contributed by atoms with Gasteiger partial charge in [0.05, 0.1) is 13.7 Å². The van der Waals surface area contributed by atoms with Crippen LogP contribution in [-0.4, -0.2) is 30.4 Å². The molecule has 0 aromatic heterocycles. The first-order valence-corrected chi connectivity index (χ1v) is 5.66. The molecule has 1 unspecified atom stereocenters. The van der Waals surface area contributed by atoms with Crippen molar-refractivity contribution in [2.45, 2.75) is 24.9 Å². The summed E-state index contributed by atoms with van der Waals surface area (Å²) in [5, 5.41) is 8.93. The van der Waals surface area contributed by atoms with Gasteiger partial charge in [0.2, 0.25) is 0 Å². The van der Waals surface area contributed by atoms with Crippen molar-refractivity contribution in [1.29, 1.82) is 0 Å². The van der Waals surface area contributed by atoms with E-state index in [9.17, 15) is 4.79 Å². The summed E-state index contributed by atoms with van der Waals surface area (Å²) >= 11 is 0. The molecule has 4 heteroatoms. The van der Waals surface area contributed by atoms with Crippen molar-refractivity contribution in [2.75, 3.05) is 13.7 Å². The van der Waals surface area contributed by atoms with E-state index in [1.54, 1.807) is 7.11 Å². The second-order valence-electron chi connectivity index (χ2n) is 4.29. The fraction of sp³-hybridized carbons (Fsp3) is 0.462. The summed E-state index contributed by atoms with van der Waals surface area (Å²) in [4.78, 5) is 10.9. The van der Waals surface area contributed by atoms with Crippen molar-refractivity contribution >= 4 is 5.97 Å². The average molecular weight is 236 g/mol. The lowest BCUT2D eigenvalue weighted by molar-refractivity contribution is -0.143. The Balaban J connectivity index is 1.80. The number of aryl methyl sites for hydroxylation is 1. The van der Waals surface area contributed by atoms with Crippen molar-refractivity contribution in [1.82, 2.24) is 0 Å². The predicted octanol–water partition coefficient (Wildman–Crippen LogP) is 1.87. The van der Waals surface area contributed by atoms with Crippen molar-refractivity contribution < 1.29 is 19.4 Å². The number of carboxylic acid groups (broad SMARTS) is 1. The molecule has 1 heterocycles. The third-order valence-electron chi connectivity index (χ3n) is 3.09. The number of carboxylic acids is 1. The van der Waals surface area contributed by atoms with Crippen LogP contribution in [0.25, 0.3) is 0 Å². The van der Waals surface area contributed by atoms with E-state index in [2.05, 4.69) is 0 Å². The van der Waals surface area contributed by atoms with Gasteiger partial charge in [0.25, 0.3) is 0 Å². The fourth-order valence-electron chi connectivity index (χ4n) is 1.83. The minimum Gasteiger partial charge on any atom is -0.497 e. The Kier molecular flexibility index (Phi) is 3.33. The van der Waals surface area contributed by atoms with Gasteiger partial charge < -0.3 is 14.6 Å². The molecular formula is C13H16O4.